The van der Waals surface area contributed by atoms with E-state index in [0.717, 1.165) is 5.56 Å². The number of rotatable bonds is 7. The lowest BCUT2D eigenvalue weighted by atomic mass is 10.0. The Morgan fingerprint density at radius 2 is 1.60 bits per heavy atom. The van der Waals surface area contributed by atoms with Crippen LogP contribution in [-0.2, 0) is 11.2 Å². The van der Waals surface area contributed by atoms with Crippen LogP contribution >= 0.6 is 0 Å². The molecule has 2 aromatic carbocycles. The maximum Gasteiger partial charge on any atom is 0.306 e. The summed E-state index contributed by atoms with van der Waals surface area (Å²) in [5, 5.41) is 11.8. The molecule has 0 aliphatic rings. The van der Waals surface area contributed by atoms with Gasteiger partial charge in [-0.05, 0) is 36.2 Å². The third-order valence-electron chi connectivity index (χ3n) is 3.83. The highest BCUT2D eigenvalue weighted by Crippen LogP contribution is 2.29. The lowest BCUT2D eigenvalue weighted by molar-refractivity contribution is -0.141. The molecule has 25 heavy (non-hydrogen) atoms. The highest BCUT2D eigenvalue weighted by Gasteiger charge is 2.18. The molecular formula is C19H21NO5. The Bertz CT molecular complexity index is 733. The Kier molecular flexibility index (Phi) is 6.00. The molecule has 0 saturated carbocycles. The van der Waals surface area contributed by atoms with E-state index in [1.807, 2.05) is 0 Å². The Morgan fingerprint density at radius 1 is 1.04 bits per heavy atom. The molecule has 0 aliphatic carbocycles. The standard InChI is InChI=1S/C19H21NO5/c1-12(19(22)23)11-13-7-9-14(10-8-13)20-18(21)17-15(24-2)5-4-6-16(17)25-3/h4-10,12H,11H2,1-3H3,(H,20,21)(H,22,23). The van der Waals surface area contributed by atoms with Crippen LogP contribution in [0.5, 0.6) is 11.5 Å². The normalized spacial score (nSPS) is 11.5. The molecule has 1 amide bonds. The van der Waals surface area contributed by atoms with E-state index in [0.29, 0.717) is 29.2 Å². The molecule has 2 N–H and O–H groups in total. The predicted octanol–water partition coefficient (Wildman–Crippen LogP) is 3.22. The van der Waals surface area contributed by atoms with Crippen LogP contribution in [0, 0.1) is 5.92 Å². The summed E-state index contributed by atoms with van der Waals surface area (Å²) in [4.78, 5) is 23.5. The molecule has 2 aromatic rings. The van der Waals surface area contributed by atoms with Crippen molar-refractivity contribution in [1.29, 1.82) is 0 Å². The average Bonchev–Trinajstić information content (AvgIpc) is 2.62. The van der Waals surface area contributed by atoms with Gasteiger partial charge in [0.05, 0.1) is 20.1 Å². The number of hydrogen-bond acceptors (Lipinski definition) is 4. The number of amides is 1. The average molecular weight is 343 g/mol. The summed E-state index contributed by atoms with van der Waals surface area (Å²) in [6, 6.07) is 12.2. The van der Waals surface area contributed by atoms with E-state index < -0.39 is 11.9 Å². The van der Waals surface area contributed by atoms with Crippen molar-refractivity contribution in [2.24, 2.45) is 5.92 Å². The van der Waals surface area contributed by atoms with Crippen LogP contribution in [0.2, 0.25) is 0 Å². The van der Waals surface area contributed by atoms with Crippen LogP contribution in [0.25, 0.3) is 0 Å². The van der Waals surface area contributed by atoms with Gasteiger partial charge in [-0.15, -0.1) is 0 Å². The van der Waals surface area contributed by atoms with Gasteiger partial charge >= 0.3 is 5.97 Å². The number of anilines is 1. The van der Waals surface area contributed by atoms with Gasteiger partial charge in [-0.3, -0.25) is 9.59 Å². The van der Waals surface area contributed by atoms with Crippen LogP contribution < -0.4 is 14.8 Å². The van der Waals surface area contributed by atoms with Gasteiger partial charge < -0.3 is 19.9 Å². The minimum atomic E-state index is -0.833. The second kappa shape index (κ2) is 8.19. The number of methoxy groups -OCH3 is 2. The minimum Gasteiger partial charge on any atom is -0.496 e. The number of nitrogens with one attached hydrogen (secondary N) is 1. The molecule has 1 unspecified atom stereocenters. The first-order valence-electron chi connectivity index (χ1n) is 7.80. The molecule has 0 fully saturated rings. The van der Waals surface area contributed by atoms with E-state index in [-0.39, 0.29) is 5.91 Å². The van der Waals surface area contributed by atoms with E-state index in [1.165, 1.54) is 14.2 Å². The highest BCUT2D eigenvalue weighted by molar-refractivity contribution is 6.08. The maximum absolute atomic E-state index is 12.6. The number of ether oxygens (including phenoxy) is 2. The van der Waals surface area contributed by atoms with Crippen molar-refractivity contribution in [3.05, 3.63) is 53.6 Å². The third kappa shape index (κ3) is 4.50. The van der Waals surface area contributed by atoms with Gasteiger partial charge in [0.15, 0.2) is 0 Å². The molecule has 0 saturated heterocycles. The molecule has 6 heteroatoms. The summed E-state index contributed by atoms with van der Waals surface area (Å²) in [7, 11) is 2.98. The molecule has 132 valence electrons. The second-order valence-corrected chi connectivity index (χ2v) is 5.63. The summed E-state index contributed by atoms with van der Waals surface area (Å²) >= 11 is 0. The molecule has 0 spiro atoms. The van der Waals surface area contributed by atoms with Crippen LogP contribution in [0.1, 0.15) is 22.8 Å². The van der Waals surface area contributed by atoms with E-state index in [2.05, 4.69) is 5.32 Å². The van der Waals surface area contributed by atoms with Crippen LogP contribution in [-0.4, -0.2) is 31.2 Å². The Balaban J connectivity index is 2.15. The lowest BCUT2D eigenvalue weighted by Crippen LogP contribution is -2.15. The van der Waals surface area contributed by atoms with Gasteiger partial charge in [0, 0.05) is 5.69 Å². The molecule has 0 radical (unpaired) electrons. The Hall–Kier alpha value is -3.02. The zero-order valence-electron chi connectivity index (χ0n) is 14.4. The monoisotopic (exact) mass is 343 g/mol. The fourth-order valence-corrected chi connectivity index (χ4v) is 2.43. The maximum atomic E-state index is 12.6. The molecular weight excluding hydrogens is 322 g/mol. The fourth-order valence-electron chi connectivity index (χ4n) is 2.43. The van der Waals surface area contributed by atoms with Crippen molar-refractivity contribution >= 4 is 17.6 Å². The van der Waals surface area contributed by atoms with Gasteiger partial charge in [0.1, 0.15) is 17.1 Å². The van der Waals surface area contributed by atoms with E-state index in [1.54, 1.807) is 49.4 Å². The molecule has 0 heterocycles. The first-order chi connectivity index (χ1) is 12.0. The molecule has 0 bridgehead atoms. The van der Waals surface area contributed by atoms with Gasteiger partial charge in [0.25, 0.3) is 5.91 Å². The largest absolute Gasteiger partial charge is 0.496 e. The first kappa shape index (κ1) is 18.3. The van der Waals surface area contributed by atoms with Crippen molar-refractivity contribution in [3.63, 3.8) is 0 Å². The van der Waals surface area contributed by atoms with Crippen molar-refractivity contribution in [2.45, 2.75) is 13.3 Å². The Labute approximate surface area is 146 Å². The molecule has 0 aromatic heterocycles. The number of carbonyl (C=O) groups excluding carboxylic acids is 1. The van der Waals surface area contributed by atoms with E-state index >= 15 is 0 Å². The SMILES string of the molecule is COc1cccc(OC)c1C(=O)Nc1ccc(CC(C)C(=O)O)cc1. The molecule has 2 rings (SSSR count). The number of carbonyl (C=O) groups is 2. The highest BCUT2D eigenvalue weighted by atomic mass is 16.5. The zero-order chi connectivity index (χ0) is 18.4. The molecule has 6 nitrogen and oxygen atoms in total. The minimum absolute atomic E-state index is 0.316. The predicted molar refractivity (Wildman–Crippen MR) is 94.4 cm³/mol. The summed E-state index contributed by atoms with van der Waals surface area (Å²) < 4.78 is 10.5. The third-order valence-corrected chi connectivity index (χ3v) is 3.83. The number of carboxylic acids is 1. The smallest absolute Gasteiger partial charge is 0.306 e. The fraction of sp³-hybridized carbons (Fsp3) is 0.263. The van der Waals surface area contributed by atoms with Gasteiger partial charge in [0.2, 0.25) is 0 Å². The zero-order valence-corrected chi connectivity index (χ0v) is 14.4. The van der Waals surface area contributed by atoms with Gasteiger partial charge in [-0.2, -0.15) is 0 Å². The lowest BCUT2D eigenvalue weighted by Gasteiger charge is -2.13. The van der Waals surface area contributed by atoms with Crippen molar-refractivity contribution in [2.75, 3.05) is 19.5 Å². The summed E-state index contributed by atoms with van der Waals surface area (Å²) in [6.07, 6.45) is 0.434. The molecule has 1 atom stereocenters. The quantitative estimate of drug-likeness (QED) is 0.806. The van der Waals surface area contributed by atoms with Crippen molar-refractivity contribution in [3.8, 4) is 11.5 Å². The number of benzene rings is 2. The van der Waals surface area contributed by atoms with Crippen molar-refractivity contribution in [1.82, 2.24) is 0 Å². The van der Waals surface area contributed by atoms with Gasteiger partial charge in [-0.1, -0.05) is 25.1 Å². The summed E-state index contributed by atoms with van der Waals surface area (Å²) in [5.41, 5.74) is 1.81. The molecule has 0 aliphatic heterocycles. The van der Waals surface area contributed by atoms with Gasteiger partial charge in [-0.25, -0.2) is 0 Å². The van der Waals surface area contributed by atoms with Crippen LogP contribution in [0.4, 0.5) is 5.69 Å². The van der Waals surface area contributed by atoms with Crippen LogP contribution in [0.3, 0.4) is 0 Å². The van der Waals surface area contributed by atoms with E-state index in [9.17, 15) is 9.59 Å². The van der Waals surface area contributed by atoms with Crippen molar-refractivity contribution < 1.29 is 24.2 Å². The summed E-state index contributed by atoms with van der Waals surface area (Å²) in [5.74, 6) is -0.799. The van der Waals surface area contributed by atoms with E-state index in [4.69, 9.17) is 14.6 Å². The first-order valence-corrected chi connectivity index (χ1v) is 7.80. The number of carboxylic acid groups (broad SMARTS) is 1. The Morgan fingerprint density at radius 3 is 2.08 bits per heavy atom. The van der Waals surface area contributed by atoms with Crippen LogP contribution in [0.15, 0.2) is 42.5 Å². The summed E-state index contributed by atoms with van der Waals surface area (Å²) in [6.45, 7) is 1.66. The topological polar surface area (TPSA) is 84.9 Å². The number of aliphatic carboxylic acids is 1. The number of hydrogen-bond donors (Lipinski definition) is 2. The second-order valence-electron chi connectivity index (χ2n) is 5.63.